The molecule has 20 heavy (non-hydrogen) atoms. The zero-order valence-corrected chi connectivity index (χ0v) is 13.5. The van der Waals surface area contributed by atoms with Gasteiger partial charge in [0.2, 0.25) is 0 Å². The highest BCUT2D eigenvalue weighted by molar-refractivity contribution is 8.01. The lowest BCUT2D eigenvalue weighted by Crippen LogP contribution is -2.26. The summed E-state index contributed by atoms with van der Waals surface area (Å²) in [6.07, 6.45) is 2.79. The van der Waals surface area contributed by atoms with Crippen LogP contribution in [0.4, 0.5) is 0 Å². The lowest BCUT2D eigenvalue weighted by Gasteiger charge is -2.31. The molecule has 114 valence electrons. The van der Waals surface area contributed by atoms with Crippen molar-refractivity contribution >= 4 is 23.1 Å². The number of aliphatic hydroxyl groups is 1. The molecule has 2 rings (SSSR count). The van der Waals surface area contributed by atoms with E-state index in [1.54, 1.807) is 18.4 Å². The first-order chi connectivity index (χ1) is 9.78. The molecule has 3 atom stereocenters. The Kier molecular flexibility index (Phi) is 6.80. The van der Waals surface area contributed by atoms with Gasteiger partial charge in [0.15, 0.2) is 0 Å². The van der Waals surface area contributed by atoms with E-state index in [1.165, 1.54) is 9.77 Å². The van der Waals surface area contributed by atoms with Gasteiger partial charge in [0.05, 0.1) is 10.3 Å². The zero-order valence-electron chi connectivity index (χ0n) is 11.9. The molecule has 0 radical (unpaired) electrons. The van der Waals surface area contributed by atoms with Gasteiger partial charge in [-0.2, -0.15) is 0 Å². The second-order valence-electron chi connectivity index (χ2n) is 4.61. The number of rotatable bonds is 8. The van der Waals surface area contributed by atoms with E-state index in [-0.39, 0.29) is 12.7 Å². The van der Waals surface area contributed by atoms with Crippen LogP contribution in [0.25, 0.3) is 0 Å². The minimum atomic E-state index is -0.612. The lowest BCUT2D eigenvalue weighted by atomic mass is 10.0. The predicted molar refractivity (Wildman–Crippen MR) is 81.1 cm³/mol. The number of hydrogen-bond donors (Lipinski definition) is 1. The Bertz CT molecular complexity index is 396. The third-order valence-corrected chi connectivity index (χ3v) is 5.72. The topological polar surface area (TPSA) is 47.9 Å². The van der Waals surface area contributed by atoms with E-state index in [4.69, 9.17) is 19.3 Å². The molecule has 0 saturated heterocycles. The van der Waals surface area contributed by atoms with Crippen molar-refractivity contribution in [3.63, 3.8) is 0 Å². The first-order valence-corrected chi connectivity index (χ1v) is 8.69. The van der Waals surface area contributed by atoms with E-state index in [9.17, 15) is 0 Å². The van der Waals surface area contributed by atoms with Crippen LogP contribution in [0.2, 0.25) is 0 Å². The van der Waals surface area contributed by atoms with Crippen molar-refractivity contribution in [3.05, 3.63) is 17.0 Å². The number of aliphatic hydroxyl groups excluding tert-OH is 1. The normalized spacial score (nSPS) is 23.6. The molecule has 1 aromatic heterocycles. The first kappa shape index (κ1) is 16.3. The van der Waals surface area contributed by atoms with Crippen LogP contribution in [0, 0.1) is 0 Å². The van der Waals surface area contributed by atoms with E-state index in [0.717, 1.165) is 19.3 Å². The smallest absolute Gasteiger partial charge is 0.271 e. The van der Waals surface area contributed by atoms with Gasteiger partial charge in [0.1, 0.15) is 0 Å². The molecule has 1 aliphatic heterocycles. The molecule has 0 amide bonds. The molecular formula is C14H22O4S2. The maximum Gasteiger partial charge on any atom is 0.271 e. The fraction of sp³-hybridized carbons (Fsp3) is 0.714. The predicted octanol–water partition coefficient (Wildman–Crippen LogP) is 3.41. The zero-order chi connectivity index (χ0) is 14.4. The van der Waals surface area contributed by atoms with Gasteiger partial charge in [-0.15, -0.1) is 23.1 Å². The van der Waals surface area contributed by atoms with Crippen LogP contribution in [0.1, 0.15) is 37.9 Å². The molecular weight excluding hydrogens is 296 g/mol. The largest absolute Gasteiger partial charge is 0.396 e. The Morgan fingerprint density at radius 3 is 3.05 bits per heavy atom. The maximum atomic E-state index is 8.99. The van der Waals surface area contributed by atoms with Gasteiger partial charge in [0.25, 0.3) is 6.48 Å². The molecule has 2 heterocycles. The highest BCUT2D eigenvalue weighted by Gasteiger charge is 2.31. The van der Waals surface area contributed by atoms with E-state index in [1.807, 2.05) is 18.7 Å². The van der Waals surface area contributed by atoms with Crippen LogP contribution >= 0.6 is 23.1 Å². The fourth-order valence-corrected chi connectivity index (χ4v) is 4.93. The Hall–Kier alpha value is -0.110. The highest BCUT2D eigenvalue weighted by Crippen LogP contribution is 2.47. The number of methoxy groups -OCH3 is 1. The molecule has 0 aromatic carbocycles. The summed E-state index contributed by atoms with van der Waals surface area (Å²) in [5, 5.41) is 11.6. The van der Waals surface area contributed by atoms with Crippen LogP contribution in [0.5, 0.6) is 0 Å². The third kappa shape index (κ3) is 4.19. The van der Waals surface area contributed by atoms with Crippen molar-refractivity contribution in [3.8, 4) is 0 Å². The molecule has 1 aliphatic rings. The van der Waals surface area contributed by atoms with E-state index >= 15 is 0 Å². The molecule has 0 fully saturated rings. The van der Waals surface area contributed by atoms with Crippen LogP contribution in [0.15, 0.2) is 15.7 Å². The van der Waals surface area contributed by atoms with Crippen molar-refractivity contribution in [1.82, 2.24) is 0 Å². The molecule has 0 bridgehead atoms. The minimum absolute atomic E-state index is 0.0118. The molecule has 3 unspecified atom stereocenters. The first-order valence-electron chi connectivity index (χ1n) is 6.93. The summed E-state index contributed by atoms with van der Waals surface area (Å²) >= 11 is 3.65. The van der Waals surface area contributed by atoms with Crippen LogP contribution in [-0.2, 0) is 14.2 Å². The summed E-state index contributed by atoms with van der Waals surface area (Å²) in [7, 11) is 1.59. The number of hydrogen-bond acceptors (Lipinski definition) is 6. The number of thiophene rings is 1. The highest BCUT2D eigenvalue weighted by atomic mass is 32.2. The lowest BCUT2D eigenvalue weighted by molar-refractivity contribution is -0.295. The maximum absolute atomic E-state index is 8.99. The van der Waals surface area contributed by atoms with Crippen molar-refractivity contribution in [2.45, 2.75) is 48.2 Å². The summed E-state index contributed by atoms with van der Waals surface area (Å²) in [5.41, 5.74) is 1.24. The van der Waals surface area contributed by atoms with Crippen LogP contribution < -0.4 is 0 Å². The van der Waals surface area contributed by atoms with Crippen LogP contribution in [0.3, 0.4) is 0 Å². The van der Waals surface area contributed by atoms with Gasteiger partial charge in [-0.25, -0.2) is 0 Å². The van der Waals surface area contributed by atoms with Crippen molar-refractivity contribution in [2.24, 2.45) is 0 Å². The summed E-state index contributed by atoms with van der Waals surface area (Å²) in [5.74, 6) is 0. The van der Waals surface area contributed by atoms with Gasteiger partial charge in [-0.1, -0.05) is 0 Å². The summed E-state index contributed by atoms with van der Waals surface area (Å²) < 4.78 is 17.9. The summed E-state index contributed by atoms with van der Waals surface area (Å²) in [4.78, 5) is 0. The average molecular weight is 318 g/mol. The van der Waals surface area contributed by atoms with Crippen molar-refractivity contribution < 1.29 is 19.3 Å². The van der Waals surface area contributed by atoms with Crippen molar-refractivity contribution in [2.75, 3.05) is 20.3 Å². The SMILES string of the molecule is CCOC(OC)OC1CC(CCCO)Sc2sccc21. The third-order valence-electron chi connectivity index (χ3n) is 3.21. The number of fused-ring (bicyclic) bond motifs is 1. The van der Waals surface area contributed by atoms with Gasteiger partial charge in [-0.05, 0) is 37.6 Å². The molecule has 6 heteroatoms. The molecule has 4 nitrogen and oxygen atoms in total. The molecule has 1 aromatic rings. The van der Waals surface area contributed by atoms with Gasteiger partial charge < -0.3 is 19.3 Å². The van der Waals surface area contributed by atoms with E-state index < -0.39 is 6.48 Å². The number of thioether (sulfide) groups is 1. The second-order valence-corrected chi connectivity index (χ2v) is 7.09. The second kappa shape index (κ2) is 8.36. The van der Waals surface area contributed by atoms with Crippen LogP contribution in [-0.4, -0.2) is 37.2 Å². The minimum Gasteiger partial charge on any atom is -0.396 e. The summed E-state index contributed by atoms with van der Waals surface area (Å²) in [6.45, 7) is 2.12. The molecule has 0 saturated carbocycles. The van der Waals surface area contributed by atoms with Gasteiger partial charge in [-0.3, -0.25) is 0 Å². The molecule has 0 aliphatic carbocycles. The molecule has 0 spiro atoms. The monoisotopic (exact) mass is 318 g/mol. The van der Waals surface area contributed by atoms with Gasteiger partial charge >= 0.3 is 0 Å². The quantitative estimate of drug-likeness (QED) is 0.744. The summed E-state index contributed by atoms with van der Waals surface area (Å²) in [6, 6.07) is 2.12. The van der Waals surface area contributed by atoms with Gasteiger partial charge in [0, 0.05) is 31.1 Å². The van der Waals surface area contributed by atoms with E-state index in [2.05, 4.69) is 11.4 Å². The Balaban J connectivity index is 2.03. The van der Waals surface area contributed by atoms with E-state index in [0.29, 0.717) is 11.9 Å². The Morgan fingerprint density at radius 1 is 1.50 bits per heavy atom. The standard InChI is InChI=1S/C14H22O4S2/c1-3-17-14(16-2)18-12-9-10(5-4-7-15)20-13-11(12)6-8-19-13/h6,8,10,12,14-15H,3-5,7,9H2,1-2H3. The number of ether oxygens (including phenoxy) is 3. The fourth-order valence-electron chi connectivity index (χ4n) is 2.26. The Labute approximate surface area is 128 Å². The molecule has 1 N–H and O–H groups in total. The average Bonchev–Trinajstić information content (AvgIpc) is 2.93. The Morgan fingerprint density at radius 2 is 2.35 bits per heavy atom. The van der Waals surface area contributed by atoms with Crippen molar-refractivity contribution in [1.29, 1.82) is 0 Å².